The van der Waals surface area contributed by atoms with Crippen LogP contribution in [0.15, 0.2) is 0 Å². The van der Waals surface area contributed by atoms with E-state index in [0.29, 0.717) is 12.6 Å². The van der Waals surface area contributed by atoms with E-state index < -0.39 is 0 Å². The topological polar surface area (TPSA) is 118 Å². The lowest BCUT2D eigenvalue weighted by Crippen LogP contribution is -2.27. The number of ether oxygens (including phenoxy) is 1. The quantitative estimate of drug-likeness (QED) is 0.397. The number of hydrogen-bond donors (Lipinski definition) is 4. The van der Waals surface area contributed by atoms with Crippen LogP contribution in [0.5, 0.6) is 6.01 Å². The first-order valence-electron chi connectivity index (χ1n) is 5.83. The molecule has 0 fully saturated rings. The summed E-state index contributed by atoms with van der Waals surface area (Å²) >= 11 is 0. The Morgan fingerprint density at radius 1 is 1.28 bits per heavy atom. The Morgan fingerprint density at radius 3 is 2.50 bits per heavy atom. The molecule has 102 valence electrons. The Bertz CT molecular complexity index is 375. The molecule has 1 heterocycles. The number of anilines is 2. The van der Waals surface area contributed by atoms with Crippen LogP contribution < -0.4 is 21.3 Å². The van der Waals surface area contributed by atoms with Crippen LogP contribution in [0.2, 0.25) is 0 Å². The summed E-state index contributed by atoms with van der Waals surface area (Å²) in [6, 6.07) is 0.212. The zero-order valence-electron chi connectivity index (χ0n) is 10.8. The third-order valence-electron chi connectivity index (χ3n) is 2.52. The lowest BCUT2D eigenvalue weighted by Gasteiger charge is -2.19. The van der Waals surface area contributed by atoms with Crippen LogP contribution in [-0.2, 0) is 0 Å². The number of nitrogen functional groups attached to an aromatic ring is 1. The van der Waals surface area contributed by atoms with Gasteiger partial charge in [0.05, 0.1) is 6.61 Å². The van der Waals surface area contributed by atoms with Crippen LogP contribution >= 0.6 is 0 Å². The molecule has 2 atom stereocenters. The highest BCUT2D eigenvalue weighted by Crippen LogP contribution is 2.13. The maximum absolute atomic E-state index is 9.07. The second-order valence-electron chi connectivity index (χ2n) is 3.94. The van der Waals surface area contributed by atoms with Crippen molar-refractivity contribution >= 4 is 11.9 Å². The Hall–Kier alpha value is -1.67. The summed E-state index contributed by atoms with van der Waals surface area (Å²) in [7, 11) is 0. The van der Waals surface area contributed by atoms with E-state index in [1.54, 1.807) is 0 Å². The molecule has 0 aliphatic heterocycles. The average molecular weight is 256 g/mol. The van der Waals surface area contributed by atoms with Gasteiger partial charge in [-0.15, -0.1) is 0 Å². The third kappa shape index (κ3) is 3.97. The number of nitrogens with one attached hydrogen (secondary N) is 2. The molecule has 0 saturated heterocycles. The van der Waals surface area contributed by atoms with E-state index in [0.717, 1.165) is 0 Å². The lowest BCUT2D eigenvalue weighted by molar-refractivity contribution is 0.226. The number of nitrogens with zero attached hydrogens (tertiary/aromatic N) is 3. The van der Waals surface area contributed by atoms with Gasteiger partial charge < -0.3 is 15.2 Å². The number of rotatable bonds is 7. The molecule has 1 aromatic rings. The molecule has 0 amide bonds. The number of hydrogen-bond acceptors (Lipinski definition) is 8. The van der Waals surface area contributed by atoms with Crippen molar-refractivity contribution in [3.05, 3.63) is 0 Å². The van der Waals surface area contributed by atoms with E-state index in [4.69, 9.17) is 15.7 Å². The van der Waals surface area contributed by atoms with Gasteiger partial charge in [0.25, 0.3) is 0 Å². The highest BCUT2D eigenvalue weighted by molar-refractivity contribution is 5.35. The maximum atomic E-state index is 9.07. The fourth-order valence-electron chi connectivity index (χ4n) is 1.18. The molecule has 8 heteroatoms. The van der Waals surface area contributed by atoms with Crippen LogP contribution in [0.4, 0.5) is 11.9 Å². The van der Waals surface area contributed by atoms with Crippen LogP contribution in [0.25, 0.3) is 0 Å². The van der Waals surface area contributed by atoms with E-state index in [1.165, 1.54) is 0 Å². The number of aromatic nitrogens is 3. The molecule has 2 unspecified atom stereocenters. The summed E-state index contributed by atoms with van der Waals surface area (Å²) in [6.07, 6.45) is 0. The van der Waals surface area contributed by atoms with Crippen LogP contribution in [0.3, 0.4) is 0 Å². The molecular weight excluding hydrogens is 236 g/mol. The minimum atomic E-state index is 0.0116. The van der Waals surface area contributed by atoms with E-state index in [1.807, 2.05) is 20.8 Å². The number of aliphatic hydroxyl groups excluding tert-OH is 1. The lowest BCUT2D eigenvalue weighted by atomic mass is 10.1. The van der Waals surface area contributed by atoms with E-state index in [9.17, 15) is 0 Å². The van der Waals surface area contributed by atoms with Crippen LogP contribution in [0, 0.1) is 5.92 Å². The standard InChI is InChI=1S/C10H20N6O2/c1-4-18-10-14-8(13-9(15-10)16-11)12-7(3)6(2)5-17/h6-7,17H,4-5,11H2,1-3H3,(H2,12,13,14,15,16). The first kappa shape index (κ1) is 14.4. The Balaban J connectivity index is 2.83. The Kier molecular flexibility index (Phi) is 5.53. The van der Waals surface area contributed by atoms with E-state index in [2.05, 4.69) is 25.7 Å². The van der Waals surface area contributed by atoms with Crippen molar-refractivity contribution in [2.75, 3.05) is 24.0 Å². The SMILES string of the molecule is CCOc1nc(NN)nc(NC(C)C(C)CO)n1. The van der Waals surface area contributed by atoms with E-state index in [-0.39, 0.29) is 30.5 Å². The summed E-state index contributed by atoms with van der Waals surface area (Å²) in [5.74, 6) is 5.93. The monoisotopic (exact) mass is 256 g/mol. The molecule has 0 aromatic carbocycles. The number of nitrogens with two attached hydrogens (primary N) is 1. The normalized spacial score (nSPS) is 13.8. The van der Waals surface area contributed by atoms with Gasteiger partial charge in [-0.2, -0.15) is 15.0 Å². The van der Waals surface area contributed by atoms with Crippen molar-refractivity contribution in [3.8, 4) is 6.01 Å². The molecule has 0 aliphatic rings. The fraction of sp³-hybridized carbons (Fsp3) is 0.700. The molecule has 0 radical (unpaired) electrons. The molecular formula is C10H20N6O2. The molecule has 5 N–H and O–H groups in total. The summed E-state index contributed by atoms with van der Waals surface area (Å²) in [6.45, 7) is 6.23. The van der Waals surface area contributed by atoms with E-state index >= 15 is 0 Å². The van der Waals surface area contributed by atoms with Gasteiger partial charge in [0.1, 0.15) is 0 Å². The van der Waals surface area contributed by atoms with Crippen LogP contribution in [-0.4, -0.2) is 39.3 Å². The zero-order chi connectivity index (χ0) is 13.5. The zero-order valence-corrected chi connectivity index (χ0v) is 10.8. The van der Waals surface area contributed by atoms with Crippen molar-refractivity contribution in [1.29, 1.82) is 0 Å². The second-order valence-corrected chi connectivity index (χ2v) is 3.94. The van der Waals surface area contributed by atoms with Gasteiger partial charge in [0, 0.05) is 12.6 Å². The molecule has 0 bridgehead atoms. The van der Waals surface area contributed by atoms with Gasteiger partial charge in [-0.25, -0.2) is 5.84 Å². The van der Waals surface area contributed by atoms with Gasteiger partial charge in [-0.3, -0.25) is 5.43 Å². The molecule has 8 nitrogen and oxygen atoms in total. The average Bonchev–Trinajstić information content (AvgIpc) is 2.37. The highest BCUT2D eigenvalue weighted by Gasteiger charge is 2.14. The van der Waals surface area contributed by atoms with Gasteiger partial charge >= 0.3 is 6.01 Å². The fourth-order valence-corrected chi connectivity index (χ4v) is 1.18. The molecule has 0 spiro atoms. The number of hydrazine groups is 1. The van der Waals surface area contributed by atoms with Gasteiger partial charge in [0.2, 0.25) is 11.9 Å². The summed E-state index contributed by atoms with van der Waals surface area (Å²) in [5, 5.41) is 12.1. The summed E-state index contributed by atoms with van der Waals surface area (Å²) in [4.78, 5) is 12.1. The predicted molar refractivity (Wildman–Crippen MR) is 68.1 cm³/mol. The van der Waals surface area contributed by atoms with Crippen LogP contribution in [0.1, 0.15) is 20.8 Å². The molecule has 18 heavy (non-hydrogen) atoms. The second kappa shape index (κ2) is 6.92. The third-order valence-corrected chi connectivity index (χ3v) is 2.52. The predicted octanol–water partition coefficient (Wildman–Crippen LogP) is -0.0153. The maximum Gasteiger partial charge on any atom is 0.323 e. The molecule has 1 rings (SSSR count). The molecule has 1 aromatic heterocycles. The van der Waals surface area contributed by atoms with Crippen molar-refractivity contribution in [2.24, 2.45) is 11.8 Å². The van der Waals surface area contributed by atoms with Crippen molar-refractivity contribution in [2.45, 2.75) is 26.8 Å². The molecule has 0 saturated carbocycles. The highest BCUT2D eigenvalue weighted by atomic mass is 16.5. The van der Waals surface area contributed by atoms with Crippen molar-refractivity contribution in [3.63, 3.8) is 0 Å². The largest absolute Gasteiger partial charge is 0.464 e. The van der Waals surface area contributed by atoms with Gasteiger partial charge in [-0.1, -0.05) is 6.92 Å². The first-order chi connectivity index (χ1) is 8.60. The van der Waals surface area contributed by atoms with Gasteiger partial charge in [0.15, 0.2) is 0 Å². The Morgan fingerprint density at radius 2 is 1.94 bits per heavy atom. The smallest absolute Gasteiger partial charge is 0.323 e. The Labute approximate surface area is 106 Å². The first-order valence-corrected chi connectivity index (χ1v) is 5.83. The minimum Gasteiger partial charge on any atom is -0.464 e. The minimum absolute atomic E-state index is 0.0116. The summed E-state index contributed by atoms with van der Waals surface area (Å²) in [5.41, 5.74) is 2.35. The van der Waals surface area contributed by atoms with Gasteiger partial charge in [-0.05, 0) is 19.8 Å². The molecule has 0 aliphatic carbocycles. The van der Waals surface area contributed by atoms with Crippen molar-refractivity contribution in [1.82, 2.24) is 15.0 Å². The number of aliphatic hydroxyl groups is 1. The van der Waals surface area contributed by atoms with Crippen molar-refractivity contribution < 1.29 is 9.84 Å². The summed E-state index contributed by atoms with van der Waals surface area (Å²) < 4.78 is 5.21.